The third-order valence-corrected chi connectivity index (χ3v) is 6.08. The first-order chi connectivity index (χ1) is 16.1. The van der Waals surface area contributed by atoms with Crippen LogP contribution < -0.4 is 10.1 Å². The fourth-order valence-corrected chi connectivity index (χ4v) is 4.38. The van der Waals surface area contributed by atoms with Crippen molar-refractivity contribution in [3.05, 3.63) is 82.9 Å². The minimum absolute atomic E-state index is 0.0511. The van der Waals surface area contributed by atoms with Gasteiger partial charge in [0.05, 0.1) is 12.6 Å². The van der Waals surface area contributed by atoms with Gasteiger partial charge in [-0.2, -0.15) is 0 Å². The van der Waals surface area contributed by atoms with Gasteiger partial charge in [0.15, 0.2) is 0 Å². The van der Waals surface area contributed by atoms with Crippen LogP contribution in [0.1, 0.15) is 33.5 Å². The molecule has 3 aromatic carbocycles. The van der Waals surface area contributed by atoms with Crippen LogP contribution in [0.15, 0.2) is 60.7 Å². The Kier molecular flexibility index (Phi) is 5.79. The average molecular weight is 447 g/mol. The van der Waals surface area contributed by atoms with E-state index in [1.807, 2.05) is 48.5 Å². The summed E-state index contributed by atoms with van der Waals surface area (Å²) in [5.41, 5.74) is 4.11. The van der Waals surface area contributed by atoms with E-state index in [9.17, 15) is 15.0 Å². The van der Waals surface area contributed by atoms with Crippen LogP contribution in [0.4, 0.5) is 5.69 Å². The summed E-state index contributed by atoms with van der Waals surface area (Å²) in [6.07, 6.45) is 0.954. The Morgan fingerprint density at radius 2 is 1.94 bits per heavy atom. The second-order valence-electron chi connectivity index (χ2n) is 8.42. The van der Waals surface area contributed by atoms with Gasteiger partial charge in [0.25, 0.3) is 5.91 Å². The van der Waals surface area contributed by atoms with Crippen LogP contribution in [-0.2, 0) is 24.4 Å². The summed E-state index contributed by atoms with van der Waals surface area (Å²) in [4.78, 5) is 15.2. The van der Waals surface area contributed by atoms with E-state index in [0.717, 1.165) is 35.4 Å². The van der Waals surface area contributed by atoms with Crippen molar-refractivity contribution >= 4 is 11.6 Å². The van der Waals surface area contributed by atoms with E-state index in [-0.39, 0.29) is 41.4 Å². The fourth-order valence-electron chi connectivity index (χ4n) is 4.38. The van der Waals surface area contributed by atoms with E-state index in [4.69, 9.17) is 9.47 Å². The molecule has 0 aliphatic carbocycles. The number of hydrogen-bond acceptors (Lipinski definition) is 6. The number of carbonyl (C=O) groups excluding carboxylic acids is 1. The van der Waals surface area contributed by atoms with Gasteiger partial charge < -0.3 is 29.9 Å². The Labute approximate surface area is 192 Å². The highest BCUT2D eigenvalue weighted by Crippen LogP contribution is 2.37. The van der Waals surface area contributed by atoms with Gasteiger partial charge in [-0.15, -0.1) is 0 Å². The van der Waals surface area contributed by atoms with Crippen LogP contribution >= 0.6 is 0 Å². The van der Waals surface area contributed by atoms with Gasteiger partial charge in [-0.05, 0) is 29.2 Å². The second-order valence-corrected chi connectivity index (χ2v) is 8.42. The number of aromatic hydroxyl groups is 2. The van der Waals surface area contributed by atoms with Crippen molar-refractivity contribution in [2.45, 2.75) is 32.2 Å². The molecule has 7 heteroatoms. The molecule has 1 amide bonds. The number of amides is 1. The van der Waals surface area contributed by atoms with Crippen LogP contribution in [0.5, 0.6) is 17.2 Å². The summed E-state index contributed by atoms with van der Waals surface area (Å²) in [7, 11) is 0. The number of carbonyl (C=O) groups is 1. The molecule has 7 nitrogen and oxygen atoms in total. The Morgan fingerprint density at radius 1 is 1.09 bits per heavy atom. The molecule has 1 unspecified atom stereocenters. The molecule has 0 saturated carbocycles. The first-order valence-electron chi connectivity index (χ1n) is 11.1. The van der Waals surface area contributed by atoms with E-state index in [1.54, 1.807) is 4.90 Å². The summed E-state index contributed by atoms with van der Waals surface area (Å²) in [6, 6.07) is 18.3. The molecule has 2 aliphatic heterocycles. The first-order valence-corrected chi connectivity index (χ1v) is 11.1. The Morgan fingerprint density at radius 3 is 2.73 bits per heavy atom. The van der Waals surface area contributed by atoms with Crippen molar-refractivity contribution in [3.63, 3.8) is 0 Å². The predicted octanol–water partition coefficient (Wildman–Crippen LogP) is 4.03. The molecular weight excluding hydrogens is 420 g/mol. The minimum Gasteiger partial charge on any atom is -0.508 e. The molecule has 0 radical (unpaired) electrons. The Hall–Kier alpha value is -3.71. The normalized spacial score (nSPS) is 17.1. The largest absolute Gasteiger partial charge is 0.508 e. The molecule has 3 N–H and O–H groups in total. The highest BCUT2D eigenvalue weighted by Gasteiger charge is 2.31. The zero-order valence-corrected chi connectivity index (χ0v) is 18.2. The van der Waals surface area contributed by atoms with Gasteiger partial charge in [-0.25, -0.2) is 0 Å². The van der Waals surface area contributed by atoms with E-state index >= 15 is 0 Å². The number of nitrogens with one attached hydrogen (secondary N) is 1. The molecule has 1 saturated heterocycles. The topological polar surface area (TPSA) is 91.3 Å². The number of phenols is 2. The van der Waals surface area contributed by atoms with E-state index in [0.29, 0.717) is 19.7 Å². The molecule has 33 heavy (non-hydrogen) atoms. The van der Waals surface area contributed by atoms with Gasteiger partial charge in [-0.1, -0.05) is 42.5 Å². The number of anilines is 1. The van der Waals surface area contributed by atoms with Gasteiger partial charge in [0.1, 0.15) is 29.4 Å². The molecule has 0 aromatic heterocycles. The summed E-state index contributed by atoms with van der Waals surface area (Å²) in [5, 5.41) is 24.1. The quantitative estimate of drug-likeness (QED) is 0.530. The molecule has 5 rings (SSSR count). The Balaban J connectivity index is 1.38. The highest BCUT2D eigenvalue weighted by atomic mass is 16.5. The standard InChI is InChI=1S/C26H26N2O5/c29-20-11-23(30)25(24(12-20)33-15-17-5-2-1-3-6-17)26(31)28-13-18-7-4-8-22(21(18)14-28)27-19-9-10-32-16-19/h1-8,11-12,19,27,29-30H,9-10,13-16H2. The summed E-state index contributed by atoms with van der Waals surface area (Å²) >= 11 is 0. The maximum Gasteiger partial charge on any atom is 0.262 e. The van der Waals surface area contributed by atoms with Gasteiger partial charge >= 0.3 is 0 Å². The van der Waals surface area contributed by atoms with Gasteiger partial charge in [0.2, 0.25) is 0 Å². The van der Waals surface area contributed by atoms with E-state index < -0.39 is 0 Å². The summed E-state index contributed by atoms with van der Waals surface area (Å²) < 4.78 is 11.3. The lowest BCUT2D eigenvalue weighted by molar-refractivity contribution is 0.0743. The van der Waals surface area contributed by atoms with E-state index in [2.05, 4.69) is 5.32 Å². The number of nitrogens with zero attached hydrogens (tertiary/aromatic N) is 1. The van der Waals surface area contributed by atoms with E-state index in [1.165, 1.54) is 12.1 Å². The molecular formula is C26H26N2O5. The maximum absolute atomic E-state index is 13.5. The number of ether oxygens (including phenoxy) is 2. The van der Waals surface area contributed by atoms with Crippen LogP contribution in [-0.4, -0.2) is 40.3 Å². The molecule has 3 aromatic rings. The number of fused-ring (bicyclic) bond motifs is 1. The van der Waals surface area contributed by atoms with Crippen molar-refractivity contribution in [1.82, 2.24) is 4.90 Å². The first kappa shape index (κ1) is 21.2. The zero-order valence-electron chi connectivity index (χ0n) is 18.2. The molecule has 2 heterocycles. The van der Waals surface area contributed by atoms with Gasteiger partial charge in [0, 0.05) is 37.5 Å². The minimum atomic E-state index is -0.345. The second kappa shape index (κ2) is 9.03. The molecule has 170 valence electrons. The van der Waals surface area contributed by atoms with Crippen LogP contribution in [0, 0.1) is 0 Å². The fraction of sp³-hybridized carbons (Fsp3) is 0.269. The van der Waals surface area contributed by atoms with Crippen molar-refractivity contribution in [2.75, 3.05) is 18.5 Å². The van der Waals surface area contributed by atoms with Crippen molar-refractivity contribution < 1.29 is 24.5 Å². The smallest absolute Gasteiger partial charge is 0.262 e. The number of hydrogen-bond donors (Lipinski definition) is 3. The van der Waals surface area contributed by atoms with Crippen LogP contribution in [0.3, 0.4) is 0 Å². The molecule has 1 fully saturated rings. The summed E-state index contributed by atoms with van der Waals surface area (Å²) in [6.45, 7) is 2.49. The number of rotatable bonds is 6. The van der Waals surface area contributed by atoms with Crippen LogP contribution in [0.2, 0.25) is 0 Å². The summed E-state index contributed by atoms with van der Waals surface area (Å²) in [5.74, 6) is -0.664. The van der Waals surface area contributed by atoms with Gasteiger partial charge in [-0.3, -0.25) is 4.79 Å². The lowest BCUT2D eigenvalue weighted by Crippen LogP contribution is -2.26. The third kappa shape index (κ3) is 4.45. The number of benzene rings is 3. The molecule has 1 atom stereocenters. The van der Waals surface area contributed by atoms with Crippen LogP contribution in [0.25, 0.3) is 0 Å². The number of phenolic OH excluding ortho intramolecular Hbond substituents is 2. The zero-order chi connectivity index (χ0) is 22.8. The average Bonchev–Trinajstić information content (AvgIpc) is 3.48. The van der Waals surface area contributed by atoms with Crippen molar-refractivity contribution in [1.29, 1.82) is 0 Å². The highest BCUT2D eigenvalue weighted by molar-refractivity contribution is 6.00. The molecule has 0 spiro atoms. The monoisotopic (exact) mass is 446 g/mol. The van der Waals surface area contributed by atoms with Crippen molar-refractivity contribution in [3.8, 4) is 17.2 Å². The predicted molar refractivity (Wildman–Crippen MR) is 123 cm³/mol. The maximum atomic E-state index is 13.5. The lowest BCUT2D eigenvalue weighted by Gasteiger charge is -2.20. The molecule has 0 bridgehead atoms. The molecule has 2 aliphatic rings. The Bertz CT molecular complexity index is 1160. The van der Waals surface area contributed by atoms with Crippen molar-refractivity contribution in [2.24, 2.45) is 0 Å². The third-order valence-electron chi connectivity index (χ3n) is 6.08. The lowest BCUT2D eigenvalue weighted by atomic mass is 10.1. The SMILES string of the molecule is O=C(c1c(O)cc(O)cc1OCc1ccccc1)N1Cc2cccc(NC3CCOC3)c2C1.